The van der Waals surface area contributed by atoms with Crippen LogP contribution in [0.25, 0.3) is 11.4 Å². The van der Waals surface area contributed by atoms with E-state index in [1.807, 2.05) is 19.1 Å². The van der Waals surface area contributed by atoms with E-state index >= 15 is 0 Å². The number of rotatable bonds is 9. The Morgan fingerprint density at radius 3 is 2.27 bits per heavy atom. The summed E-state index contributed by atoms with van der Waals surface area (Å²) in [6.07, 6.45) is 1.57. The molecule has 1 aliphatic rings. The highest BCUT2D eigenvalue weighted by atomic mass is 16.6. The van der Waals surface area contributed by atoms with E-state index in [-0.39, 0.29) is 25.1 Å². The molecule has 5 aromatic rings. The van der Waals surface area contributed by atoms with Crippen LogP contribution in [0.1, 0.15) is 54.8 Å². The van der Waals surface area contributed by atoms with Crippen molar-refractivity contribution in [3.63, 3.8) is 0 Å². The molecule has 3 atom stereocenters. The van der Waals surface area contributed by atoms with Gasteiger partial charge in [0.15, 0.2) is 0 Å². The van der Waals surface area contributed by atoms with Gasteiger partial charge in [-0.25, -0.2) is 14.4 Å². The third-order valence-electron chi connectivity index (χ3n) is 7.88. The molecule has 6 rings (SSSR count). The number of aromatic nitrogens is 4. The van der Waals surface area contributed by atoms with Crippen LogP contribution in [0, 0.1) is 18.8 Å². The zero-order chi connectivity index (χ0) is 35.7. The van der Waals surface area contributed by atoms with Crippen molar-refractivity contribution < 1.29 is 28.6 Å². The number of H-pyrrole nitrogens is 1. The first-order chi connectivity index (χ1) is 24.7. The predicted molar refractivity (Wildman–Crippen MR) is 184 cm³/mol. The minimum Gasteiger partial charge on any atom is -0.459 e. The highest BCUT2D eigenvalue weighted by Crippen LogP contribution is 2.31. The number of aromatic amines is 1. The molecule has 2 N–H and O–H groups in total. The molecule has 13 heteroatoms. The number of esters is 2. The first kappa shape index (κ1) is 34.2. The molecule has 51 heavy (non-hydrogen) atoms. The molecule has 2 aromatic carbocycles. The summed E-state index contributed by atoms with van der Waals surface area (Å²) in [5.41, 5.74) is 1.56. The molecular formula is C38H31N5O8. The first-order valence-corrected chi connectivity index (χ1v) is 15.9. The molecule has 0 unspecified atom stereocenters. The lowest BCUT2D eigenvalue weighted by atomic mass is 10.1. The molecule has 0 radical (unpaired) electrons. The van der Waals surface area contributed by atoms with E-state index in [4.69, 9.17) is 14.2 Å². The highest BCUT2D eigenvalue weighted by molar-refractivity contribution is 5.95. The van der Waals surface area contributed by atoms with E-state index in [0.29, 0.717) is 28.1 Å². The second-order valence-corrected chi connectivity index (χ2v) is 11.5. The van der Waals surface area contributed by atoms with Crippen LogP contribution in [0.15, 0.2) is 113 Å². The molecular weight excluding hydrogens is 654 g/mol. The van der Waals surface area contributed by atoms with E-state index in [9.17, 15) is 24.0 Å². The average molecular weight is 686 g/mol. The second-order valence-electron chi connectivity index (χ2n) is 11.5. The van der Waals surface area contributed by atoms with Crippen LogP contribution < -0.4 is 16.6 Å². The van der Waals surface area contributed by atoms with Gasteiger partial charge in [-0.3, -0.25) is 29.1 Å². The third kappa shape index (κ3) is 8.51. The van der Waals surface area contributed by atoms with Crippen LogP contribution in [-0.4, -0.2) is 62.7 Å². The molecule has 0 saturated carbocycles. The van der Waals surface area contributed by atoms with Crippen molar-refractivity contribution in [2.45, 2.75) is 31.8 Å². The largest absolute Gasteiger partial charge is 0.459 e. The van der Waals surface area contributed by atoms with Gasteiger partial charge in [-0.05, 0) is 61.0 Å². The SMILES string of the molecule is Cc1ccnc(-c2cc(C(=O)NCC#Cc3cn([C@H]4C[C@H](OC(=O)c5ccccc5)[C@@H](COC(=O)c5ccccc5)O4)c(=O)[nH]c3=O)ccn2)c1. The van der Waals surface area contributed by atoms with Gasteiger partial charge in [0.2, 0.25) is 0 Å². The van der Waals surface area contributed by atoms with E-state index in [1.165, 1.54) is 12.4 Å². The molecule has 0 aliphatic carbocycles. The summed E-state index contributed by atoms with van der Waals surface area (Å²) in [5.74, 6) is 3.78. The van der Waals surface area contributed by atoms with E-state index < -0.39 is 47.5 Å². The summed E-state index contributed by atoms with van der Waals surface area (Å²) in [7, 11) is 0. The molecule has 0 bridgehead atoms. The molecule has 256 valence electrons. The Balaban J connectivity index is 1.15. The average Bonchev–Trinajstić information content (AvgIpc) is 3.55. The van der Waals surface area contributed by atoms with Crippen molar-refractivity contribution >= 4 is 17.8 Å². The predicted octanol–water partition coefficient (Wildman–Crippen LogP) is 3.45. The maximum absolute atomic E-state index is 12.9. The van der Waals surface area contributed by atoms with Gasteiger partial charge in [-0.15, -0.1) is 0 Å². The Morgan fingerprint density at radius 2 is 1.57 bits per heavy atom. The second kappa shape index (κ2) is 15.7. The molecule has 3 aromatic heterocycles. The summed E-state index contributed by atoms with van der Waals surface area (Å²) in [6, 6.07) is 23.6. The minimum atomic E-state index is -1.01. The van der Waals surface area contributed by atoms with E-state index in [2.05, 4.69) is 32.1 Å². The van der Waals surface area contributed by atoms with Gasteiger partial charge in [-0.2, -0.15) is 0 Å². The maximum atomic E-state index is 12.9. The van der Waals surface area contributed by atoms with Gasteiger partial charge in [0.1, 0.15) is 30.6 Å². The van der Waals surface area contributed by atoms with Crippen molar-refractivity contribution in [3.05, 3.63) is 152 Å². The number of nitrogens with zero attached hydrogens (tertiary/aromatic N) is 3. The fourth-order valence-corrected chi connectivity index (χ4v) is 5.28. The standard InChI is InChI=1S/C38H31N5O8/c1-24-14-17-39-29(19-24)30-20-27(15-18-40-30)34(44)41-16-8-13-28-22-43(38(48)42-35(28)45)33-21-31(51-37(47)26-11-6-3-7-12-26)32(50-33)23-49-36(46)25-9-4-2-5-10-25/h2-7,9-12,14-15,17-20,22,31-33H,16,21,23H2,1H3,(H,41,44)(H,42,45,48)/t31-,32+,33+/m0/s1. The van der Waals surface area contributed by atoms with Gasteiger partial charge in [0, 0.05) is 30.6 Å². The fourth-order valence-electron chi connectivity index (χ4n) is 5.28. The zero-order valence-electron chi connectivity index (χ0n) is 27.3. The third-order valence-corrected chi connectivity index (χ3v) is 7.88. The Hall–Kier alpha value is -6.65. The Bertz CT molecular complexity index is 2240. The van der Waals surface area contributed by atoms with Gasteiger partial charge in [-0.1, -0.05) is 48.2 Å². The quantitative estimate of drug-likeness (QED) is 0.173. The van der Waals surface area contributed by atoms with Gasteiger partial charge in [0.05, 0.1) is 29.1 Å². The van der Waals surface area contributed by atoms with Crippen LogP contribution >= 0.6 is 0 Å². The number of aryl methyl sites for hydroxylation is 1. The Morgan fingerprint density at radius 1 is 0.902 bits per heavy atom. The van der Waals surface area contributed by atoms with Crippen LogP contribution in [-0.2, 0) is 14.2 Å². The molecule has 1 fully saturated rings. The maximum Gasteiger partial charge on any atom is 0.338 e. The number of hydrogen-bond donors (Lipinski definition) is 2. The number of benzene rings is 2. The number of amides is 1. The molecule has 1 saturated heterocycles. The van der Waals surface area contributed by atoms with Crippen molar-refractivity contribution in [3.8, 4) is 23.2 Å². The number of carbonyl (C=O) groups excluding carboxylic acids is 3. The molecule has 4 heterocycles. The zero-order valence-corrected chi connectivity index (χ0v) is 27.3. The first-order valence-electron chi connectivity index (χ1n) is 15.9. The molecule has 13 nitrogen and oxygen atoms in total. The van der Waals surface area contributed by atoms with E-state index in [0.717, 1.165) is 10.1 Å². The summed E-state index contributed by atoms with van der Waals surface area (Å²) < 4.78 is 18.4. The number of hydrogen-bond acceptors (Lipinski definition) is 10. The topological polar surface area (TPSA) is 172 Å². The van der Waals surface area contributed by atoms with E-state index in [1.54, 1.807) is 79.0 Å². The smallest absolute Gasteiger partial charge is 0.338 e. The van der Waals surface area contributed by atoms with Gasteiger partial charge >= 0.3 is 17.6 Å². The van der Waals surface area contributed by atoms with Crippen molar-refractivity contribution in [1.29, 1.82) is 0 Å². The number of pyridine rings is 2. The van der Waals surface area contributed by atoms with Gasteiger partial charge in [0.25, 0.3) is 11.5 Å². The number of ether oxygens (including phenoxy) is 3. The summed E-state index contributed by atoms with van der Waals surface area (Å²) in [5, 5.41) is 2.68. The normalized spacial score (nSPS) is 16.4. The lowest BCUT2D eigenvalue weighted by Gasteiger charge is -2.19. The highest BCUT2D eigenvalue weighted by Gasteiger charge is 2.40. The van der Waals surface area contributed by atoms with Crippen molar-refractivity contribution in [1.82, 2.24) is 24.8 Å². The van der Waals surface area contributed by atoms with Crippen LogP contribution in [0.4, 0.5) is 0 Å². The van der Waals surface area contributed by atoms with Gasteiger partial charge < -0.3 is 19.5 Å². The monoisotopic (exact) mass is 685 g/mol. The van der Waals surface area contributed by atoms with Crippen LogP contribution in [0.3, 0.4) is 0 Å². The Kier molecular flexibility index (Phi) is 10.5. The minimum absolute atomic E-state index is 0.00694. The van der Waals surface area contributed by atoms with Crippen LogP contribution in [0.5, 0.6) is 0 Å². The van der Waals surface area contributed by atoms with Crippen molar-refractivity contribution in [2.24, 2.45) is 0 Å². The van der Waals surface area contributed by atoms with Crippen molar-refractivity contribution in [2.75, 3.05) is 13.2 Å². The summed E-state index contributed by atoms with van der Waals surface area (Å²) in [4.78, 5) is 74.8. The number of carbonyl (C=O) groups is 3. The Labute approximate surface area is 291 Å². The summed E-state index contributed by atoms with van der Waals surface area (Å²) >= 11 is 0. The molecule has 0 spiro atoms. The van der Waals surface area contributed by atoms with Crippen LogP contribution in [0.2, 0.25) is 0 Å². The number of nitrogens with one attached hydrogen (secondary N) is 2. The molecule has 1 aliphatic heterocycles. The fraction of sp³-hybridized carbons (Fsp3) is 0.184. The lowest BCUT2D eigenvalue weighted by Crippen LogP contribution is -2.34. The summed E-state index contributed by atoms with van der Waals surface area (Å²) in [6.45, 7) is 1.55. The molecule has 1 amide bonds. The lowest BCUT2D eigenvalue weighted by molar-refractivity contribution is -0.0582.